The monoisotopic (exact) mass is 301 g/mol. The molecule has 0 aliphatic carbocycles. The van der Waals surface area contributed by atoms with E-state index in [9.17, 15) is 9.59 Å². The van der Waals surface area contributed by atoms with E-state index >= 15 is 0 Å². The molecule has 5 heteroatoms. The minimum Gasteiger partial charge on any atom is -0.352 e. The molecule has 2 amide bonds. The molecule has 2 heterocycles. The Balaban J connectivity index is 1.53. The Labute approximate surface area is 131 Å². The molecule has 2 fully saturated rings. The molecule has 2 N–H and O–H groups in total. The normalized spacial score (nSPS) is 25.3. The number of rotatable bonds is 4. The summed E-state index contributed by atoms with van der Waals surface area (Å²) in [6, 6.07) is 10.1. The van der Waals surface area contributed by atoms with Gasteiger partial charge in [-0.05, 0) is 24.9 Å². The van der Waals surface area contributed by atoms with E-state index in [-0.39, 0.29) is 23.8 Å². The third-order valence-electron chi connectivity index (χ3n) is 4.44. The van der Waals surface area contributed by atoms with Gasteiger partial charge in [-0.1, -0.05) is 30.3 Å². The number of hydrogen-bond acceptors (Lipinski definition) is 3. The number of nitrogens with zero attached hydrogens (tertiary/aromatic N) is 1. The minimum atomic E-state index is -0.210. The van der Waals surface area contributed by atoms with Crippen molar-refractivity contribution in [2.24, 2.45) is 5.92 Å². The number of piperidine rings is 1. The van der Waals surface area contributed by atoms with Gasteiger partial charge in [0.15, 0.2) is 0 Å². The molecule has 0 spiro atoms. The number of nitrogens with one attached hydrogen (secondary N) is 2. The van der Waals surface area contributed by atoms with Crippen LogP contribution in [0.3, 0.4) is 0 Å². The van der Waals surface area contributed by atoms with Crippen LogP contribution in [0, 0.1) is 5.92 Å². The molecule has 1 aromatic carbocycles. The molecule has 2 aliphatic heterocycles. The van der Waals surface area contributed by atoms with E-state index in [0.29, 0.717) is 19.5 Å². The number of amides is 2. The van der Waals surface area contributed by atoms with Crippen molar-refractivity contribution in [3.05, 3.63) is 35.9 Å². The summed E-state index contributed by atoms with van der Waals surface area (Å²) < 4.78 is 0. The molecular weight excluding hydrogens is 278 g/mol. The Morgan fingerprint density at radius 1 is 1.32 bits per heavy atom. The lowest BCUT2D eigenvalue weighted by Crippen LogP contribution is -2.47. The summed E-state index contributed by atoms with van der Waals surface area (Å²) in [6.07, 6.45) is 2.45. The number of likely N-dealkylation sites (tertiary alicyclic amines) is 1. The zero-order valence-electron chi connectivity index (χ0n) is 12.8. The van der Waals surface area contributed by atoms with E-state index in [2.05, 4.69) is 10.6 Å². The van der Waals surface area contributed by atoms with Gasteiger partial charge in [-0.25, -0.2) is 0 Å². The fraction of sp³-hybridized carbons (Fsp3) is 0.529. The van der Waals surface area contributed by atoms with E-state index < -0.39 is 0 Å². The van der Waals surface area contributed by atoms with Gasteiger partial charge in [0.2, 0.25) is 11.8 Å². The summed E-state index contributed by atoms with van der Waals surface area (Å²) in [6.45, 7) is 2.98. The van der Waals surface area contributed by atoms with Crippen molar-refractivity contribution in [3.8, 4) is 0 Å². The van der Waals surface area contributed by atoms with E-state index in [4.69, 9.17) is 0 Å². The Bertz CT molecular complexity index is 526. The molecule has 2 atom stereocenters. The second-order valence-electron chi connectivity index (χ2n) is 6.21. The lowest BCUT2D eigenvalue weighted by atomic mass is 10.0. The number of carbonyl (C=O) groups is 2. The molecule has 0 radical (unpaired) electrons. The first-order chi connectivity index (χ1) is 10.7. The van der Waals surface area contributed by atoms with Gasteiger partial charge in [-0.15, -0.1) is 0 Å². The van der Waals surface area contributed by atoms with Gasteiger partial charge in [-0.2, -0.15) is 0 Å². The molecule has 3 rings (SSSR count). The Morgan fingerprint density at radius 3 is 2.86 bits per heavy atom. The SMILES string of the molecule is O=C(N[C@H]1CCCNC1)C1CC(=O)N(Cc2ccccc2)C1. The third-order valence-corrected chi connectivity index (χ3v) is 4.44. The zero-order chi connectivity index (χ0) is 15.4. The summed E-state index contributed by atoms with van der Waals surface area (Å²) in [5, 5.41) is 6.37. The highest BCUT2D eigenvalue weighted by Gasteiger charge is 2.35. The van der Waals surface area contributed by atoms with E-state index in [1.54, 1.807) is 4.90 Å². The lowest BCUT2D eigenvalue weighted by molar-refractivity contribution is -0.129. The van der Waals surface area contributed by atoms with Crippen LogP contribution in [-0.4, -0.2) is 42.4 Å². The van der Waals surface area contributed by atoms with Gasteiger partial charge in [0.25, 0.3) is 0 Å². The van der Waals surface area contributed by atoms with Crippen molar-refractivity contribution >= 4 is 11.8 Å². The summed E-state index contributed by atoms with van der Waals surface area (Å²) in [7, 11) is 0. The van der Waals surface area contributed by atoms with Gasteiger partial charge in [-0.3, -0.25) is 9.59 Å². The highest BCUT2D eigenvalue weighted by atomic mass is 16.2. The van der Waals surface area contributed by atoms with E-state index in [1.807, 2.05) is 30.3 Å². The van der Waals surface area contributed by atoms with Crippen LogP contribution < -0.4 is 10.6 Å². The largest absolute Gasteiger partial charge is 0.352 e. The molecule has 22 heavy (non-hydrogen) atoms. The van der Waals surface area contributed by atoms with E-state index in [0.717, 1.165) is 31.5 Å². The topological polar surface area (TPSA) is 61.4 Å². The van der Waals surface area contributed by atoms with Gasteiger partial charge in [0.1, 0.15) is 0 Å². The first kappa shape index (κ1) is 15.0. The first-order valence-corrected chi connectivity index (χ1v) is 8.05. The van der Waals surface area contributed by atoms with Crippen LogP contribution >= 0.6 is 0 Å². The molecule has 0 saturated carbocycles. The predicted molar refractivity (Wildman–Crippen MR) is 84.0 cm³/mol. The number of carbonyl (C=O) groups excluding carboxylic acids is 2. The highest BCUT2D eigenvalue weighted by molar-refractivity contribution is 5.89. The van der Waals surface area contributed by atoms with Crippen LogP contribution in [0.5, 0.6) is 0 Å². The lowest BCUT2D eigenvalue weighted by Gasteiger charge is -2.25. The van der Waals surface area contributed by atoms with Crippen molar-refractivity contribution in [1.82, 2.24) is 15.5 Å². The second kappa shape index (κ2) is 6.92. The third kappa shape index (κ3) is 3.65. The van der Waals surface area contributed by atoms with Crippen LogP contribution in [-0.2, 0) is 16.1 Å². The van der Waals surface area contributed by atoms with Gasteiger partial charge >= 0.3 is 0 Å². The Hall–Kier alpha value is -1.88. The van der Waals surface area contributed by atoms with Crippen LogP contribution in [0.1, 0.15) is 24.8 Å². The molecule has 0 aromatic heterocycles. The summed E-state index contributed by atoms with van der Waals surface area (Å²) >= 11 is 0. The van der Waals surface area contributed by atoms with Crippen molar-refractivity contribution < 1.29 is 9.59 Å². The van der Waals surface area contributed by atoms with Crippen LogP contribution in [0.4, 0.5) is 0 Å². The van der Waals surface area contributed by atoms with Crippen LogP contribution in [0.15, 0.2) is 30.3 Å². The number of benzene rings is 1. The standard InChI is InChI=1S/C17H23N3O2/c21-16-9-14(17(22)19-15-7-4-8-18-10-15)12-20(16)11-13-5-2-1-3-6-13/h1-3,5-6,14-15,18H,4,7-12H2,(H,19,22)/t14?,15-/m0/s1. The average Bonchev–Trinajstić information content (AvgIpc) is 2.90. The summed E-state index contributed by atoms with van der Waals surface area (Å²) in [4.78, 5) is 26.2. The van der Waals surface area contributed by atoms with Crippen LogP contribution in [0.25, 0.3) is 0 Å². The zero-order valence-corrected chi connectivity index (χ0v) is 12.8. The molecule has 118 valence electrons. The molecule has 0 bridgehead atoms. The minimum absolute atomic E-state index is 0.0256. The maximum Gasteiger partial charge on any atom is 0.225 e. The average molecular weight is 301 g/mol. The Kier molecular flexibility index (Phi) is 4.73. The fourth-order valence-electron chi connectivity index (χ4n) is 3.20. The highest BCUT2D eigenvalue weighted by Crippen LogP contribution is 2.20. The van der Waals surface area contributed by atoms with Gasteiger partial charge < -0.3 is 15.5 Å². The summed E-state index contributed by atoms with van der Waals surface area (Å²) in [5.41, 5.74) is 1.10. The van der Waals surface area contributed by atoms with Crippen molar-refractivity contribution in [3.63, 3.8) is 0 Å². The quantitative estimate of drug-likeness (QED) is 0.869. The molecule has 2 aliphatic rings. The first-order valence-electron chi connectivity index (χ1n) is 8.05. The van der Waals surface area contributed by atoms with Crippen molar-refractivity contribution in [2.45, 2.75) is 31.8 Å². The number of hydrogen-bond donors (Lipinski definition) is 2. The summed E-state index contributed by atoms with van der Waals surface area (Å²) in [5.74, 6) is -0.110. The maximum absolute atomic E-state index is 12.3. The smallest absolute Gasteiger partial charge is 0.225 e. The molecule has 1 unspecified atom stereocenters. The second-order valence-corrected chi connectivity index (χ2v) is 6.21. The fourth-order valence-corrected chi connectivity index (χ4v) is 3.20. The van der Waals surface area contributed by atoms with Crippen molar-refractivity contribution in [1.29, 1.82) is 0 Å². The van der Waals surface area contributed by atoms with Crippen LogP contribution in [0.2, 0.25) is 0 Å². The van der Waals surface area contributed by atoms with Gasteiger partial charge in [0, 0.05) is 32.1 Å². The predicted octanol–water partition coefficient (Wildman–Crippen LogP) is 0.903. The maximum atomic E-state index is 12.3. The van der Waals surface area contributed by atoms with Crippen molar-refractivity contribution in [2.75, 3.05) is 19.6 Å². The molecular formula is C17H23N3O2. The molecule has 2 saturated heterocycles. The Morgan fingerprint density at radius 2 is 2.14 bits per heavy atom. The molecule has 5 nitrogen and oxygen atoms in total. The molecule has 1 aromatic rings. The van der Waals surface area contributed by atoms with E-state index in [1.165, 1.54) is 0 Å². The van der Waals surface area contributed by atoms with Gasteiger partial charge in [0.05, 0.1) is 5.92 Å².